The van der Waals surface area contributed by atoms with Crippen LogP contribution >= 0.6 is 0 Å². The number of fused-ring (bicyclic) bond motifs is 7. The average molecular weight is 747 g/mol. The van der Waals surface area contributed by atoms with Crippen LogP contribution in [-0.4, -0.2) is 15.9 Å². The van der Waals surface area contributed by atoms with E-state index < -0.39 is 0 Å². The number of aromatic nitrogens is 1. The predicted molar refractivity (Wildman–Crippen MR) is 173 cm³/mol. The first-order valence-electron chi connectivity index (χ1n) is 14.5. The molecule has 5 heteroatoms. The summed E-state index contributed by atoms with van der Waals surface area (Å²) in [5, 5.41) is 15.4. The molecule has 1 aliphatic rings. The molecule has 43 heavy (non-hydrogen) atoms. The van der Waals surface area contributed by atoms with Gasteiger partial charge in [-0.1, -0.05) is 69.5 Å². The third kappa shape index (κ3) is 5.53. The number of aliphatic hydroxyl groups excluding tert-OH is 1. The van der Waals surface area contributed by atoms with Gasteiger partial charge in [0.15, 0.2) is 5.78 Å². The zero-order chi connectivity index (χ0) is 29.8. The summed E-state index contributed by atoms with van der Waals surface area (Å²) in [6.45, 7) is 12.3. The molecule has 2 aromatic heterocycles. The second-order valence-corrected chi connectivity index (χ2v) is 12.8. The molecule has 0 amide bonds. The van der Waals surface area contributed by atoms with Gasteiger partial charge in [-0.15, -0.1) is 29.1 Å². The number of benzene rings is 4. The van der Waals surface area contributed by atoms with Gasteiger partial charge in [-0.2, -0.15) is 0 Å². The number of carbonyl (C=O) groups excluding carboxylic acids is 1. The molecule has 0 saturated heterocycles. The number of furan rings is 1. The zero-order valence-electron chi connectivity index (χ0n) is 25.5. The number of allylic oxidation sites excluding steroid dienone is 2. The van der Waals surface area contributed by atoms with E-state index in [-0.39, 0.29) is 42.5 Å². The van der Waals surface area contributed by atoms with E-state index in [9.17, 15) is 4.79 Å². The molecule has 6 aromatic rings. The van der Waals surface area contributed by atoms with Crippen molar-refractivity contribution in [1.82, 2.24) is 4.98 Å². The quantitative estimate of drug-likeness (QED) is 0.109. The second-order valence-electron chi connectivity index (χ2n) is 12.8. The minimum absolute atomic E-state index is 0. The molecule has 0 aliphatic heterocycles. The van der Waals surface area contributed by atoms with E-state index in [1.807, 2.05) is 12.3 Å². The molecule has 0 atom stereocenters. The standard InChI is InChI=1S/C33H28NO.C5H8O2.Ir/c1-32(2)15-16-33(3,4)29-27(32)13-12-24-26-19-25-21(18-28(26)35-31(24)29)14-17-34-30(25)23-11-7-9-20-8-5-6-10-22(20)23;1-4(6)3-5(2)7;/h5-10,12-14,17-19H,15-16H2,1-4H3;3,6H,1-2H3;/q-1;;/b;4-3-;. The number of nitrogens with zero attached hydrogens (tertiary/aromatic N) is 1. The number of rotatable bonds is 2. The Labute approximate surface area is 266 Å². The number of ketones is 1. The number of hydrogen-bond donors (Lipinski definition) is 1. The van der Waals surface area contributed by atoms with Crippen molar-refractivity contribution in [2.45, 2.75) is 65.2 Å². The third-order valence-electron chi connectivity index (χ3n) is 8.68. The molecule has 1 radical (unpaired) electrons. The van der Waals surface area contributed by atoms with Crippen LogP contribution < -0.4 is 0 Å². The van der Waals surface area contributed by atoms with Crippen LogP contribution in [0.3, 0.4) is 0 Å². The maximum absolute atomic E-state index is 10.0. The van der Waals surface area contributed by atoms with E-state index in [2.05, 4.69) is 94.4 Å². The molecule has 221 valence electrons. The Hall–Kier alpha value is -3.79. The molecule has 1 N–H and O–H groups in total. The van der Waals surface area contributed by atoms with Gasteiger partial charge < -0.3 is 14.5 Å². The number of pyridine rings is 1. The smallest absolute Gasteiger partial charge is 0.155 e. The third-order valence-corrected chi connectivity index (χ3v) is 8.68. The Kier molecular flexibility index (Phi) is 8.11. The molecule has 4 aromatic carbocycles. The Bertz CT molecular complexity index is 2040. The van der Waals surface area contributed by atoms with Gasteiger partial charge in [0, 0.05) is 48.7 Å². The molecule has 2 heterocycles. The first-order valence-corrected chi connectivity index (χ1v) is 14.5. The molecule has 0 spiro atoms. The van der Waals surface area contributed by atoms with Crippen LogP contribution in [-0.2, 0) is 35.7 Å². The van der Waals surface area contributed by atoms with Crippen LogP contribution in [0.5, 0.6) is 0 Å². The molecule has 0 saturated carbocycles. The minimum Gasteiger partial charge on any atom is -0.512 e. The Balaban J connectivity index is 0.000000415. The van der Waals surface area contributed by atoms with Crippen molar-refractivity contribution < 1.29 is 34.4 Å². The van der Waals surface area contributed by atoms with Crippen molar-refractivity contribution in [1.29, 1.82) is 0 Å². The van der Waals surface area contributed by atoms with Gasteiger partial charge in [-0.3, -0.25) is 4.79 Å². The topological polar surface area (TPSA) is 63.3 Å². The number of hydrogen-bond acceptors (Lipinski definition) is 4. The van der Waals surface area contributed by atoms with Crippen molar-refractivity contribution in [2.75, 3.05) is 0 Å². The van der Waals surface area contributed by atoms with Crippen molar-refractivity contribution >= 4 is 49.3 Å². The van der Waals surface area contributed by atoms with Crippen LogP contribution in [0.1, 0.15) is 65.5 Å². The Morgan fingerprint density at radius 2 is 1.63 bits per heavy atom. The molecule has 0 fully saturated rings. The van der Waals surface area contributed by atoms with Crippen molar-refractivity contribution in [3.05, 3.63) is 102 Å². The normalized spacial score (nSPS) is 15.5. The molecule has 7 rings (SSSR count). The summed E-state index contributed by atoms with van der Waals surface area (Å²) in [5.41, 5.74) is 7.06. The van der Waals surface area contributed by atoms with Crippen LogP contribution in [0.2, 0.25) is 0 Å². The molecular formula is C38H36IrNO3-. The van der Waals surface area contributed by atoms with Gasteiger partial charge in [0.25, 0.3) is 0 Å². The molecule has 0 bridgehead atoms. The average Bonchev–Trinajstić information content (AvgIpc) is 3.30. The SMILES string of the molecule is CC(=O)/C=C(/C)O.CC1(C)CCC(C)(C)c2c1ccc1c2oc2cc3ccnc(-c4[c-]ccc5ccccc45)c3cc21.[Ir]. The van der Waals surface area contributed by atoms with Gasteiger partial charge in [-0.05, 0) is 77.7 Å². The van der Waals surface area contributed by atoms with E-state index >= 15 is 0 Å². The molecular weight excluding hydrogens is 711 g/mol. The summed E-state index contributed by atoms with van der Waals surface area (Å²) in [6, 6.07) is 27.2. The monoisotopic (exact) mass is 747 g/mol. The summed E-state index contributed by atoms with van der Waals surface area (Å²) in [7, 11) is 0. The molecule has 0 unspecified atom stereocenters. The molecule has 1 aliphatic carbocycles. The summed E-state index contributed by atoms with van der Waals surface area (Å²) in [5.74, 6) is -0.0625. The fourth-order valence-corrected chi connectivity index (χ4v) is 6.48. The summed E-state index contributed by atoms with van der Waals surface area (Å²) >= 11 is 0. The van der Waals surface area contributed by atoms with Crippen LogP contribution in [0, 0.1) is 6.07 Å². The molecule has 4 nitrogen and oxygen atoms in total. The van der Waals surface area contributed by atoms with Crippen LogP contribution in [0.15, 0.2) is 89.2 Å². The fraction of sp³-hybridized carbons (Fsp3) is 0.263. The van der Waals surface area contributed by atoms with Gasteiger partial charge in [0.1, 0.15) is 11.2 Å². The van der Waals surface area contributed by atoms with E-state index in [4.69, 9.17) is 14.5 Å². The first-order chi connectivity index (χ1) is 20.0. The Morgan fingerprint density at radius 1 is 0.884 bits per heavy atom. The zero-order valence-corrected chi connectivity index (χ0v) is 27.9. The van der Waals surface area contributed by atoms with Gasteiger partial charge in [0.2, 0.25) is 0 Å². The number of carbonyl (C=O) groups is 1. The largest absolute Gasteiger partial charge is 0.512 e. The van der Waals surface area contributed by atoms with Crippen LogP contribution in [0.25, 0.3) is 54.7 Å². The van der Waals surface area contributed by atoms with Gasteiger partial charge in [-0.25, -0.2) is 0 Å². The van der Waals surface area contributed by atoms with E-state index in [1.54, 1.807) is 0 Å². The first kappa shape index (κ1) is 30.7. The Morgan fingerprint density at radius 3 is 2.35 bits per heavy atom. The van der Waals surface area contributed by atoms with E-state index in [0.29, 0.717) is 0 Å². The summed E-state index contributed by atoms with van der Waals surface area (Å²) in [6.07, 6.45) is 5.42. The predicted octanol–water partition coefficient (Wildman–Crippen LogP) is 10.1. The maximum Gasteiger partial charge on any atom is 0.155 e. The number of aliphatic hydroxyl groups is 1. The van der Waals surface area contributed by atoms with Crippen molar-refractivity contribution in [3.8, 4) is 11.3 Å². The second kappa shape index (κ2) is 11.4. The maximum atomic E-state index is 10.0. The summed E-state index contributed by atoms with van der Waals surface area (Å²) < 4.78 is 6.68. The van der Waals surface area contributed by atoms with E-state index in [1.165, 1.54) is 53.6 Å². The van der Waals surface area contributed by atoms with Crippen molar-refractivity contribution in [2.24, 2.45) is 0 Å². The van der Waals surface area contributed by atoms with Crippen LogP contribution in [0.4, 0.5) is 0 Å². The summed E-state index contributed by atoms with van der Waals surface area (Å²) in [4.78, 5) is 14.9. The van der Waals surface area contributed by atoms with Gasteiger partial charge in [0.05, 0.1) is 5.76 Å². The van der Waals surface area contributed by atoms with E-state index in [0.717, 1.165) is 45.0 Å². The minimum atomic E-state index is -0.125. The van der Waals surface area contributed by atoms with Crippen molar-refractivity contribution in [3.63, 3.8) is 0 Å². The van der Waals surface area contributed by atoms with Gasteiger partial charge >= 0.3 is 0 Å². The fourth-order valence-electron chi connectivity index (χ4n) is 6.48.